The van der Waals surface area contributed by atoms with E-state index in [0.29, 0.717) is 30.8 Å². The molecule has 1 fully saturated rings. The number of nitrogens with one attached hydrogen (secondary N) is 2. The van der Waals surface area contributed by atoms with Gasteiger partial charge in [-0.25, -0.2) is 27.9 Å². The summed E-state index contributed by atoms with van der Waals surface area (Å²) in [5.41, 5.74) is 1.54. The van der Waals surface area contributed by atoms with Crippen LogP contribution in [0.1, 0.15) is 68.8 Å². The van der Waals surface area contributed by atoms with Crippen LogP contribution in [0.15, 0.2) is 46.2 Å². The van der Waals surface area contributed by atoms with Crippen LogP contribution in [0.5, 0.6) is 0 Å². The first-order valence-electron chi connectivity index (χ1n) is 12.7. The first kappa shape index (κ1) is 27.3. The standard InChI is InChI=1S/C26H34N4O5S2/c1-4-29-37(32,33)23-15-18(6-12-24-27-13-14-34-24)5-11-21(23)22-16-28-25(36-22)19-7-9-20(10-8-19)30-26(31)35-17(2)3/h5,11,13-17,19-20,29H,4,6-10,12H2,1-3H3,(H,30,31). The number of hydrogen-bond acceptors (Lipinski definition) is 8. The van der Waals surface area contributed by atoms with Gasteiger partial charge in [0.05, 0.1) is 27.1 Å². The topological polar surface area (TPSA) is 123 Å². The molecule has 0 unspecified atom stereocenters. The van der Waals surface area contributed by atoms with Crippen molar-refractivity contribution in [3.63, 3.8) is 0 Å². The first-order chi connectivity index (χ1) is 17.7. The van der Waals surface area contributed by atoms with Gasteiger partial charge in [-0.15, -0.1) is 11.3 Å². The molecule has 1 aliphatic carbocycles. The number of ether oxygens (including phenoxy) is 1. The number of nitrogens with zero attached hydrogens (tertiary/aromatic N) is 2. The third kappa shape index (κ3) is 7.18. The molecular weight excluding hydrogens is 512 g/mol. The fourth-order valence-corrected chi connectivity index (χ4v) is 7.04. The van der Waals surface area contributed by atoms with Crippen LogP contribution in [0, 0.1) is 0 Å². The molecule has 0 aliphatic heterocycles. The molecule has 2 aromatic heterocycles. The van der Waals surface area contributed by atoms with Gasteiger partial charge in [-0.1, -0.05) is 19.1 Å². The Labute approximate surface area is 222 Å². The lowest BCUT2D eigenvalue weighted by Gasteiger charge is -2.28. The summed E-state index contributed by atoms with van der Waals surface area (Å²) in [5.74, 6) is 0.904. The smallest absolute Gasteiger partial charge is 0.407 e. The lowest BCUT2D eigenvalue weighted by atomic mass is 9.86. The van der Waals surface area contributed by atoms with Crippen molar-refractivity contribution in [2.75, 3.05) is 6.54 Å². The summed E-state index contributed by atoms with van der Waals surface area (Å²) in [4.78, 5) is 21.8. The largest absolute Gasteiger partial charge is 0.449 e. The molecule has 9 nitrogen and oxygen atoms in total. The number of hydrogen-bond donors (Lipinski definition) is 2. The summed E-state index contributed by atoms with van der Waals surface area (Å²) >= 11 is 1.54. The Kier molecular flexibility index (Phi) is 8.99. The number of aryl methyl sites for hydroxylation is 2. The number of sulfonamides is 1. The number of aromatic nitrogens is 2. The van der Waals surface area contributed by atoms with Gasteiger partial charge in [-0.05, 0) is 57.6 Å². The SMILES string of the molecule is CCNS(=O)(=O)c1cc(CCc2ncco2)ccc1-c1cnc(C2CCC(NC(=O)OC(C)C)CC2)s1. The minimum absolute atomic E-state index is 0.0997. The van der Waals surface area contributed by atoms with Crippen LogP contribution in [0.25, 0.3) is 10.4 Å². The van der Waals surface area contributed by atoms with E-state index < -0.39 is 10.0 Å². The summed E-state index contributed by atoms with van der Waals surface area (Å²) < 4.78 is 39.3. The predicted molar refractivity (Wildman–Crippen MR) is 142 cm³/mol. The zero-order valence-electron chi connectivity index (χ0n) is 21.4. The number of thiazole rings is 1. The van der Waals surface area contributed by atoms with Gasteiger partial charge in [-0.2, -0.15) is 0 Å². The van der Waals surface area contributed by atoms with Crippen LogP contribution < -0.4 is 10.0 Å². The second kappa shape index (κ2) is 12.2. The van der Waals surface area contributed by atoms with Crippen LogP contribution in [0.3, 0.4) is 0 Å². The quantitative estimate of drug-likeness (QED) is 0.365. The number of carbonyl (C=O) groups excluding carboxylic acids is 1. The number of benzene rings is 1. The molecule has 200 valence electrons. The number of rotatable bonds is 10. The second-order valence-electron chi connectivity index (χ2n) is 9.47. The van der Waals surface area contributed by atoms with Crippen molar-refractivity contribution in [1.29, 1.82) is 0 Å². The van der Waals surface area contributed by atoms with E-state index in [4.69, 9.17) is 9.15 Å². The van der Waals surface area contributed by atoms with Crippen LogP contribution in [0.4, 0.5) is 4.79 Å². The number of alkyl carbamates (subject to hydrolysis) is 1. The molecule has 0 saturated heterocycles. The molecule has 0 bridgehead atoms. The molecule has 37 heavy (non-hydrogen) atoms. The highest BCUT2D eigenvalue weighted by Gasteiger charge is 2.27. The minimum atomic E-state index is -3.69. The van der Waals surface area contributed by atoms with E-state index >= 15 is 0 Å². The van der Waals surface area contributed by atoms with Gasteiger partial charge in [-0.3, -0.25) is 0 Å². The number of amides is 1. The molecule has 1 aromatic carbocycles. The highest BCUT2D eigenvalue weighted by atomic mass is 32.2. The summed E-state index contributed by atoms with van der Waals surface area (Å²) in [7, 11) is -3.69. The van der Waals surface area contributed by atoms with E-state index in [0.717, 1.165) is 41.1 Å². The third-order valence-corrected chi connectivity index (χ3v) is 9.09. The lowest BCUT2D eigenvalue weighted by Crippen LogP contribution is -2.38. The second-order valence-corrected chi connectivity index (χ2v) is 12.3. The average molecular weight is 547 g/mol. The summed E-state index contributed by atoms with van der Waals surface area (Å²) in [6.07, 6.45) is 9.12. The Morgan fingerprint density at radius 1 is 1.19 bits per heavy atom. The zero-order valence-corrected chi connectivity index (χ0v) is 23.0. The summed E-state index contributed by atoms with van der Waals surface area (Å²) in [5, 5.41) is 3.95. The van der Waals surface area contributed by atoms with Crippen molar-refractivity contribution in [2.45, 2.75) is 82.3 Å². The average Bonchev–Trinajstić information content (AvgIpc) is 3.55. The monoisotopic (exact) mass is 546 g/mol. The van der Waals surface area contributed by atoms with Crippen molar-refractivity contribution >= 4 is 27.5 Å². The van der Waals surface area contributed by atoms with E-state index in [-0.39, 0.29) is 29.1 Å². The van der Waals surface area contributed by atoms with Crippen LogP contribution in [-0.4, -0.2) is 43.2 Å². The molecule has 0 spiro atoms. The highest BCUT2D eigenvalue weighted by Crippen LogP contribution is 2.39. The van der Waals surface area contributed by atoms with E-state index in [1.165, 1.54) is 6.26 Å². The minimum Gasteiger partial charge on any atom is -0.449 e. The first-order valence-corrected chi connectivity index (χ1v) is 15.0. The van der Waals surface area contributed by atoms with Gasteiger partial charge >= 0.3 is 6.09 Å². The maximum atomic E-state index is 13.1. The molecule has 4 rings (SSSR count). The Bertz CT molecular complexity index is 1280. The molecule has 2 heterocycles. The lowest BCUT2D eigenvalue weighted by molar-refractivity contribution is 0.109. The Hall–Kier alpha value is -2.76. The normalized spacial score (nSPS) is 18.2. The molecule has 2 N–H and O–H groups in total. The number of oxazole rings is 1. The fraction of sp³-hybridized carbons (Fsp3) is 0.500. The van der Waals surface area contributed by atoms with Crippen molar-refractivity contribution in [3.8, 4) is 10.4 Å². The maximum Gasteiger partial charge on any atom is 0.407 e. The Morgan fingerprint density at radius 2 is 1.97 bits per heavy atom. The van der Waals surface area contributed by atoms with E-state index in [9.17, 15) is 13.2 Å². The molecule has 1 saturated carbocycles. The molecule has 1 aliphatic rings. The summed E-state index contributed by atoms with van der Waals surface area (Å²) in [6.45, 7) is 5.73. The van der Waals surface area contributed by atoms with Crippen molar-refractivity contribution in [1.82, 2.24) is 20.0 Å². The van der Waals surface area contributed by atoms with Gasteiger partial charge < -0.3 is 14.5 Å². The molecule has 11 heteroatoms. The highest BCUT2D eigenvalue weighted by molar-refractivity contribution is 7.89. The van der Waals surface area contributed by atoms with Crippen LogP contribution in [0.2, 0.25) is 0 Å². The van der Waals surface area contributed by atoms with Gasteiger partial charge in [0.25, 0.3) is 0 Å². The van der Waals surface area contributed by atoms with Crippen molar-refractivity contribution in [2.24, 2.45) is 0 Å². The number of carbonyl (C=O) groups is 1. The van der Waals surface area contributed by atoms with E-state index in [1.807, 2.05) is 26.0 Å². The molecule has 0 atom stereocenters. The molecule has 0 radical (unpaired) electrons. The molecule has 1 amide bonds. The van der Waals surface area contributed by atoms with Crippen LogP contribution in [-0.2, 0) is 27.6 Å². The van der Waals surface area contributed by atoms with Gasteiger partial charge in [0.1, 0.15) is 6.26 Å². The van der Waals surface area contributed by atoms with Gasteiger partial charge in [0, 0.05) is 36.7 Å². The third-order valence-electron chi connectivity index (χ3n) is 6.31. The van der Waals surface area contributed by atoms with Crippen molar-refractivity contribution in [3.05, 3.63) is 53.3 Å². The molecule has 3 aromatic rings. The maximum absolute atomic E-state index is 13.1. The van der Waals surface area contributed by atoms with Gasteiger partial charge in [0.15, 0.2) is 5.89 Å². The van der Waals surface area contributed by atoms with E-state index in [2.05, 4.69) is 20.0 Å². The fourth-order valence-electron chi connectivity index (χ4n) is 4.54. The zero-order chi connectivity index (χ0) is 26.4. The van der Waals surface area contributed by atoms with Crippen LogP contribution >= 0.6 is 11.3 Å². The Morgan fingerprint density at radius 3 is 2.65 bits per heavy atom. The van der Waals surface area contributed by atoms with Gasteiger partial charge in [0.2, 0.25) is 10.0 Å². The Balaban J connectivity index is 1.48. The molecular formula is C26H34N4O5S2. The van der Waals surface area contributed by atoms with E-state index in [1.54, 1.807) is 36.7 Å². The van der Waals surface area contributed by atoms with Crippen molar-refractivity contribution < 1.29 is 22.4 Å². The predicted octanol–water partition coefficient (Wildman–Crippen LogP) is 5.04. The summed E-state index contributed by atoms with van der Waals surface area (Å²) in [6, 6.07) is 5.66.